The van der Waals surface area contributed by atoms with E-state index in [4.69, 9.17) is 4.98 Å². The van der Waals surface area contributed by atoms with Crippen LogP contribution >= 0.6 is 0 Å². The molecule has 21 heavy (non-hydrogen) atoms. The van der Waals surface area contributed by atoms with Gasteiger partial charge in [-0.05, 0) is 31.2 Å². The van der Waals surface area contributed by atoms with Gasteiger partial charge in [0.1, 0.15) is 5.82 Å². The Bertz CT molecular complexity index is 743. The zero-order chi connectivity index (χ0) is 14.2. The molecule has 1 fully saturated rings. The number of fused-ring (bicyclic) bond motifs is 1. The van der Waals surface area contributed by atoms with Crippen molar-refractivity contribution in [1.82, 2.24) is 24.6 Å². The summed E-state index contributed by atoms with van der Waals surface area (Å²) in [6, 6.07) is 10.4. The van der Waals surface area contributed by atoms with E-state index in [9.17, 15) is 0 Å². The fourth-order valence-electron chi connectivity index (χ4n) is 3.26. The summed E-state index contributed by atoms with van der Waals surface area (Å²) < 4.78 is 2.21. The zero-order valence-corrected chi connectivity index (χ0v) is 12.2. The van der Waals surface area contributed by atoms with Gasteiger partial charge in [0, 0.05) is 31.4 Å². The maximum atomic E-state index is 4.76. The van der Waals surface area contributed by atoms with Gasteiger partial charge in [0.15, 0.2) is 0 Å². The summed E-state index contributed by atoms with van der Waals surface area (Å²) in [5.41, 5.74) is 3.54. The second kappa shape index (κ2) is 5.00. The molecular formula is C16H19N5. The van der Waals surface area contributed by atoms with E-state index in [-0.39, 0.29) is 0 Å². The lowest BCUT2D eigenvalue weighted by Gasteiger charge is -2.15. The quantitative estimate of drug-likeness (QED) is 0.801. The van der Waals surface area contributed by atoms with Gasteiger partial charge in [-0.2, -0.15) is 5.10 Å². The Labute approximate surface area is 123 Å². The minimum Gasteiger partial charge on any atom is -0.330 e. The largest absolute Gasteiger partial charge is 0.330 e. The van der Waals surface area contributed by atoms with Crippen molar-refractivity contribution in [2.45, 2.75) is 18.9 Å². The highest BCUT2D eigenvalue weighted by Gasteiger charge is 2.25. The Morgan fingerprint density at radius 2 is 2.19 bits per heavy atom. The first-order valence-corrected chi connectivity index (χ1v) is 7.43. The lowest BCUT2D eigenvalue weighted by molar-refractivity contribution is 0.314. The third-order valence-electron chi connectivity index (χ3n) is 4.48. The van der Waals surface area contributed by atoms with Crippen LogP contribution in [0.15, 0.2) is 36.5 Å². The van der Waals surface area contributed by atoms with Gasteiger partial charge >= 0.3 is 0 Å². The summed E-state index contributed by atoms with van der Waals surface area (Å²) in [5.74, 6) is 1.71. The van der Waals surface area contributed by atoms with Crippen molar-refractivity contribution < 1.29 is 0 Å². The predicted molar refractivity (Wildman–Crippen MR) is 81.9 cm³/mol. The average molecular weight is 281 g/mol. The minimum absolute atomic E-state index is 0.571. The maximum absolute atomic E-state index is 4.76. The molecule has 5 nitrogen and oxygen atoms in total. The SMILES string of the molecule is Cn1c(CN2CCC(c3ccn[nH]3)C2)nc2ccccc21. The summed E-state index contributed by atoms with van der Waals surface area (Å²) in [4.78, 5) is 7.24. The van der Waals surface area contributed by atoms with Crippen LogP contribution in [-0.4, -0.2) is 37.7 Å². The van der Waals surface area contributed by atoms with Gasteiger partial charge in [0.05, 0.1) is 17.6 Å². The molecule has 4 rings (SSSR count). The molecule has 0 aliphatic carbocycles. The number of aromatic nitrogens is 4. The molecule has 5 heteroatoms. The third-order valence-corrected chi connectivity index (χ3v) is 4.48. The number of benzene rings is 1. The zero-order valence-electron chi connectivity index (χ0n) is 12.2. The van der Waals surface area contributed by atoms with Gasteiger partial charge in [-0.3, -0.25) is 10.00 Å². The fraction of sp³-hybridized carbons (Fsp3) is 0.375. The first kappa shape index (κ1) is 12.6. The van der Waals surface area contributed by atoms with Crippen LogP contribution in [0, 0.1) is 0 Å². The Kier molecular flexibility index (Phi) is 3.00. The lowest BCUT2D eigenvalue weighted by atomic mass is 10.1. The standard InChI is InChI=1S/C16H19N5/c1-20-15-5-3-2-4-14(15)18-16(20)11-21-9-7-12(10-21)13-6-8-17-19-13/h2-6,8,12H,7,9-11H2,1H3,(H,17,19). The summed E-state index contributed by atoms with van der Waals surface area (Å²) in [6.07, 6.45) is 3.02. The van der Waals surface area contributed by atoms with Crippen LogP contribution in [-0.2, 0) is 13.6 Å². The molecule has 1 unspecified atom stereocenters. The monoisotopic (exact) mass is 281 g/mol. The van der Waals surface area contributed by atoms with Crippen molar-refractivity contribution in [2.24, 2.45) is 7.05 Å². The number of hydrogen-bond acceptors (Lipinski definition) is 3. The Morgan fingerprint density at radius 1 is 1.29 bits per heavy atom. The summed E-state index contributed by atoms with van der Waals surface area (Å²) in [6.45, 7) is 3.11. The number of hydrogen-bond donors (Lipinski definition) is 1. The highest BCUT2D eigenvalue weighted by molar-refractivity contribution is 5.75. The second-order valence-electron chi connectivity index (χ2n) is 5.81. The molecule has 2 aromatic heterocycles. The minimum atomic E-state index is 0.571. The number of aryl methyl sites for hydroxylation is 1. The van der Waals surface area contributed by atoms with Gasteiger partial charge in [0.2, 0.25) is 0 Å². The van der Waals surface area contributed by atoms with Crippen molar-refractivity contribution in [1.29, 1.82) is 0 Å². The molecule has 3 heterocycles. The van der Waals surface area contributed by atoms with Gasteiger partial charge < -0.3 is 4.57 Å². The molecule has 1 saturated heterocycles. The number of rotatable bonds is 3. The van der Waals surface area contributed by atoms with E-state index >= 15 is 0 Å². The first-order chi connectivity index (χ1) is 10.3. The van der Waals surface area contributed by atoms with Crippen molar-refractivity contribution in [3.05, 3.63) is 48.0 Å². The van der Waals surface area contributed by atoms with Gasteiger partial charge in [0.25, 0.3) is 0 Å². The number of H-pyrrole nitrogens is 1. The summed E-state index contributed by atoms with van der Waals surface area (Å²) >= 11 is 0. The van der Waals surface area contributed by atoms with E-state index in [1.807, 2.05) is 12.3 Å². The van der Waals surface area contributed by atoms with E-state index in [2.05, 4.69) is 51.0 Å². The predicted octanol–water partition coefficient (Wildman–Crippen LogP) is 2.29. The van der Waals surface area contributed by atoms with Crippen LogP contribution in [0.25, 0.3) is 11.0 Å². The third kappa shape index (κ3) is 2.23. The number of aromatic amines is 1. The van der Waals surface area contributed by atoms with Crippen LogP contribution in [0.1, 0.15) is 23.9 Å². The van der Waals surface area contributed by atoms with E-state index in [1.165, 1.54) is 17.6 Å². The maximum Gasteiger partial charge on any atom is 0.123 e. The topological polar surface area (TPSA) is 49.7 Å². The smallest absolute Gasteiger partial charge is 0.123 e. The van der Waals surface area contributed by atoms with Crippen molar-refractivity contribution >= 4 is 11.0 Å². The summed E-state index contributed by atoms with van der Waals surface area (Å²) in [7, 11) is 2.10. The van der Waals surface area contributed by atoms with Gasteiger partial charge in [-0.15, -0.1) is 0 Å². The number of para-hydroxylation sites is 2. The Morgan fingerprint density at radius 3 is 3.00 bits per heavy atom. The van der Waals surface area contributed by atoms with Crippen molar-refractivity contribution in [3.8, 4) is 0 Å². The lowest BCUT2D eigenvalue weighted by Crippen LogP contribution is -2.21. The van der Waals surface area contributed by atoms with Crippen LogP contribution in [0.5, 0.6) is 0 Å². The van der Waals surface area contributed by atoms with Gasteiger partial charge in [-0.1, -0.05) is 12.1 Å². The second-order valence-corrected chi connectivity index (χ2v) is 5.81. The molecule has 1 aromatic carbocycles. The molecule has 0 saturated carbocycles. The Balaban J connectivity index is 1.52. The normalized spacial score (nSPS) is 19.6. The van der Waals surface area contributed by atoms with E-state index in [1.54, 1.807) is 0 Å². The van der Waals surface area contributed by atoms with E-state index in [0.29, 0.717) is 5.92 Å². The number of nitrogens with zero attached hydrogens (tertiary/aromatic N) is 4. The van der Waals surface area contributed by atoms with Gasteiger partial charge in [-0.25, -0.2) is 4.98 Å². The van der Waals surface area contributed by atoms with Crippen molar-refractivity contribution in [3.63, 3.8) is 0 Å². The average Bonchev–Trinajstić information content (AvgIpc) is 3.21. The van der Waals surface area contributed by atoms with Crippen LogP contribution in [0.2, 0.25) is 0 Å². The molecule has 1 aliphatic rings. The van der Waals surface area contributed by atoms with Crippen LogP contribution in [0.4, 0.5) is 0 Å². The Hall–Kier alpha value is -2.14. The van der Waals surface area contributed by atoms with E-state index in [0.717, 1.165) is 31.0 Å². The molecule has 0 spiro atoms. The molecule has 3 aromatic rings. The fourth-order valence-corrected chi connectivity index (χ4v) is 3.26. The van der Waals surface area contributed by atoms with Crippen LogP contribution < -0.4 is 0 Å². The molecule has 108 valence electrons. The molecule has 0 bridgehead atoms. The molecule has 1 aliphatic heterocycles. The number of likely N-dealkylation sites (tertiary alicyclic amines) is 1. The van der Waals surface area contributed by atoms with Crippen molar-refractivity contribution in [2.75, 3.05) is 13.1 Å². The highest BCUT2D eigenvalue weighted by atomic mass is 15.2. The number of nitrogens with one attached hydrogen (secondary N) is 1. The molecule has 0 amide bonds. The first-order valence-electron chi connectivity index (χ1n) is 7.43. The van der Waals surface area contributed by atoms with Crippen LogP contribution in [0.3, 0.4) is 0 Å². The molecule has 0 radical (unpaired) electrons. The molecule has 1 atom stereocenters. The molecule has 1 N–H and O–H groups in total. The summed E-state index contributed by atoms with van der Waals surface area (Å²) in [5, 5.41) is 7.16. The highest BCUT2D eigenvalue weighted by Crippen LogP contribution is 2.27. The van der Waals surface area contributed by atoms with E-state index < -0.39 is 0 Å². The molecular weight excluding hydrogens is 262 g/mol. The number of imidazole rings is 1.